The fourth-order valence-electron chi connectivity index (χ4n) is 2.51. The highest BCUT2D eigenvalue weighted by molar-refractivity contribution is 5.95. The number of carbonyl (C=O) groups is 1. The summed E-state index contributed by atoms with van der Waals surface area (Å²) in [7, 11) is 0. The number of rotatable bonds is 6. The molecule has 0 aliphatic carbocycles. The molecule has 112 valence electrons. The van der Waals surface area contributed by atoms with E-state index in [0.29, 0.717) is 25.3 Å². The van der Waals surface area contributed by atoms with Crippen LogP contribution in [0.4, 0.5) is 0 Å². The Morgan fingerprint density at radius 1 is 1.48 bits per heavy atom. The Morgan fingerprint density at radius 2 is 2.43 bits per heavy atom. The molecule has 3 heterocycles. The van der Waals surface area contributed by atoms with Crippen molar-refractivity contribution < 1.29 is 14.3 Å². The van der Waals surface area contributed by atoms with Gasteiger partial charge in [-0.15, -0.1) is 0 Å². The molecule has 5 nitrogen and oxygen atoms in total. The molecule has 2 aromatic heterocycles. The quantitative estimate of drug-likeness (QED) is 0.826. The molecule has 1 saturated heterocycles. The summed E-state index contributed by atoms with van der Waals surface area (Å²) < 4.78 is 12.9. The van der Waals surface area contributed by atoms with E-state index in [2.05, 4.69) is 5.32 Å². The van der Waals surface area contributed by atoms with Crippen molar-refractivity contribution >= 4 is 11.4 Å². The van der Waals surface area contributed by atoms with Crippen LogP contribution in [0.3, 0.4) is 0 Å². The van der Waals surface area contributed by atoms with E-state index in [4.69, 9.17) is 9.47 Å². The van der Waals surface area contributed by atoms with E-state index < -0.39 is 0 Å². The molecule has 1 N–H and O–H groups in total. The number of ether oxygens (including phenoxy) is 2. The first-order valence-corrected chi connectivity index (χ1v) is 7.37. The molecule has 0 spiro atoms. The number of hydrogen-bond donors (Lipinski definition) is 1. The van der Waals surface area contributed by atoms with Crippen LogP contribution in [-0.4, -0.2) is 42.8 Å². The van der Waals surface area contributed by atoms with Crippen molar-refractivity contribution in [2.45, 2.75) is 18.9 Å². The Balaban J connectivity index is 1.41. The maximum atomic E-state index is 12.0. The van der Waals surface area contributed by atoms with E-state index in [-0.39, 0.29) is 12.0 Å². The highest BCUT2D eigenvalue weighted by Crippen LogP contribution is 2.12. The maximum absolute atomic E-state index is 12.0. The lowest BCUT2D eigenvalue weighted by Gasteiger charge is -2.10. The third kappa shape index (κ3) is 3.62. The van der Waals surface area contributed by atoms with E-state index in [0.717, 1.165) is 25.0 Å². The van der Waals surface area contributed by atoms with Crippen molar-refractivity contribution in [2.24, 2.45) is 0 Å². The van der Waals surface area contributed by atoms with Gasteiger partial charge in [0.2, 0.25) is 0 Å². The van der Waals surface area contributed by atoms with Crippen molar-refractivity contribution in [3.63, 3.8) is 0 Å². The van der Waals surface area contributed by atoms with E-state index >= 15 is 0 Å². The second kappa shape index (κ2) is 6.74. The van der Waals surface area contributed by atoms with Gasteiger partial charge in [-0.05, 0) is 31.0 Å². The number of fused-ring (bicyclic) bond motifs is 1. The molecule has 1 aliphatic rings. The van der Waals surface area contributed by atoms with E-state index in [9.17, 15) is 4.79 Å². The lowest BCUT2D eigenvalue weighted by molar-refractivity contribution is 0.0183. The van der Waals surface area contributed by atoms with Gasteiger partial charge >= 0.3 is 0 Å². The molecule has 0 radical (unpaired) electrons. The average molecular weight is 288 g/mol. The van der Waals surface area contributed by atoms with Gasteiger partial charge in [-0.25, -0.2) is 0 Å². The van der Waals surface area contributed by atoms with Crippen molar-refractivity contribution in [2.75, 3.05) is 26.4 Å². The van der Waals surface area contributed by atoms with Gasteiger partial charge in [-0.2, -0.15) is 0 Å². The number of aromatic nitrogens is 1. The zero-order valence-electron chi connectivity index (χ0n) is 12.0. The largest absolute Gasteiger partial charge is 0.377 e. The first-order valence-electron chi connectivity index (χ1n) is 7.37. The van der Waals surface area contributed by atoms with Crippen LogP contribution < -0.4 is 5.32 Å². The fraction of sp³-hybridized carbons (Fsp3) is 0.438. The average Bonchev–Trinajstić information content (AvgIpc) is 3.15. The smallest absolute Gasteiger partial charge is 0.252 e. The van der Waals surface area contributed by atoms with Crippen LogP contribution in [0.15, 0.2) is 36.7 Å². The summed E-state index contributed by atoms with van der Waals surface area (Å²) in [6, 6.07) is 7.74. The van der Waals surface area contributed by atoms with Gasteiger partial charge in [-0.3, -0.25) is 4.79 Å². The second-order valence-electron chi connectivity index (χ2n) is 5.23. The molecule has 1 fully saturated rings. The number of nitrogens with zero attached hydrogens (tertiary/aromatic N) is 1. The van der Waals surface area contributed by atoms with Crippen LogP contribution in [-0.2, 0) is 9.47 Å². The molecule has 1 amide bonds. The number of hydrogen-bond acceptors (Lipinski definition) is 3. The van der Waals surface area contributed by atoms with Crippen molar-refractivity contribution in [3.05, 3.63) is 42.2 Å². The highest BCUT2D eigenvalue weighted by atomic mass is 16.5. The van der Waals surface area contributed by atoms with Gasteiger partial charge in [0.05, 0.1) is 24.9 Å². The second-order valence-corrected chi connectivity index (χ2v) is 5.23. The number of amides is 1. The first-order chi connectivity index (χ1) is 10.3. The third-order valence-electron chi connectivity index (χ3n) is 3.63. The molecule has 1 unspecified atom stereocenters. The summed E-state index contributed by atoms with van der Waals surface area (Å²) in [5, 5.41) is 2.87. The molecule has 2 aromatic rings. The van der Waals surface area contributed by atoms with E-state index in [1.165, 1.54) is 0 Å². The molecule has 1 atom stereocenters. The first kappa shape index (κ1) is 14.1. The molecule has 1 aliphatic heterocycles. The van der Waals surface area contributed by atoms with Crippen molar-refractivity contribution in [1.29, 1.82) is 0 Å². The minimum Gasteiger partial charge on any atom is -0.377 e. The predicted octanol–water partition coefficient (Wildman–Crippen LogP) is 1.86. The van der Waals surface area contributed by atoms with Gasteiger partial charge in [0.25, 0.3) is 5.91 Å². The van der Waals surface area contributed by atoms with Gasteiger partial charge < -0.3 is 19.2 Å². The Hall–Kier alpha value is -1.85. The van der Waals surface area contributed by atoms with Crippen molar-refractivity contribution in [3.8, 4) is 0 Å². The van der Waals surface area contributed by atoms with Gasteiger partial charge in [0.15, 0.2) is 0 Å². The number of carbonyl (C=O) groups excluding carboxylic acids is 1. The molecule has 0 saturated carbocycles. The Bertz CT molecular complexity index is 569. The zero-order chi connectivity index (χ0) is 14.5. The van der Waals surface area contributed by atoms with Crippen LogP contribution in [0.5, 0.6) is 0 Å². The van der Waals surface area contributed by atoms with E-state index in [1.807, 2.05) is 41.1 Å². The molecule has 0 bridgehead atoms. The molecule has 0 aromatic carbocycles. The van der Waals surface area contributed by atoms with Crippen molar-refractivity contribution in [1.82, 2.24) is 9.72 Å². The topological polar surface area (TPSA) is 52.0 Å². The minimum atomic E-state index is -0.0700. The zero-order valence-corrected chi connectivity index (χ0v) is 12.0. The summed E-state index contributed by atoms with van der Waals surface area (Å²) >= 11 is 0. The highest BCUT2D eigenvalue weighted by Gasteiger charge is 2.15. The number of pyridine rings is 1. The summed E-state index contributed by atoms with van der Waals surface area (Å²) in [6.07, 6.45) is 6.18. The third-order valence-corrected chi connectivity index (χ3v) is 3.63. The summed E-state index contributed by atoms with van der Waals surface area (Å²) in [4.78, 5) is 12.0. The summed E-state index contributed by atoms with van der Waals surface area (Å²) in [6.45, 7) is 2.48. The van der Waals surface area contributed by atoms with Crippen LogP contribution in [0.25, 0.3) is 5.52 Å². The lowest BCUT2D eigenvalue weighted by atomic mass is 10.2. The Kier molecular flexibility index (Phi) is 4.52. The monoisotopic (exact) mass is 288 g/mol. The van der Waals surface area contributed by atoms with Gasteiger partial charge in [0.1, 0.15) is 0 Å². The summed E-state index contributed by atoms with van der Waals surface area (Å²) in [5.41, 5.74) is 1.68. The maximum Gasteiger partial charge on any atom is 0.252 e. The minimum absolute atomic E-state index is 0.0700. The fourth-order valence-corrected chi connectivity index (χ4v) is 2.51. The van der Waals surface area contributed by atoms with Crippen LogP contribution >= 0.6 is 0 Å². The molecular formula is C16H20N2O3. The molecule has 3 rings (SSSR count). The van der Waals surface area contributed by atoms with Crippen LogP contribution in [0.2, 0.25) is 0 Å². The molecular weight excluding hydrogens is 268 g/mol. The molecule has 5 heteroatoms. The van der Waals surface area contributed by atoms with Gasteiger partial charge in [-0.1, -0.05) is 6.07 Å². The Labute approximate surface area is 123 Å². The Morgan fingerprint density at radius 3 is 3.24 bits per heavy atom. The van der Waals surface area contributed by atoms with Crippen LogP contribution in [0, 0.1) is 0 Å². The standard InChI is InChI=1S/C16H20N2O3/c19-16(13-10-14-4-1-2-7-18(14)11-13)17-6-9-20-12-15-5-3-8-21-15/h1-2,4,7,10-11,15H,3,5-6,8-9,12H2,(H,17,19). The normalized spacial score (nSPS) is 18.2. The predicted molar refractivity (Wildman–Crippen MR) is 79.5 cm³/mol. The van der Waals surface area contributed by atoms with Gasteiger partial charge in [0, 0.05) is 31.1 Å². The number of nitrogens with one attached hydrogen (secondary N) is 1. The summed E-state index contributed by atoms with van der Waals surface area (Å²) in [5.74, 6) is -0.0700. The molecule has 21 heavy (non-hydrogen) atoms. The lowest BCUT2D eigenvalue weighted by Crippen LogP contribution is -2.28. The SMILES string of the molecule is O=C(NCCOCC1CCCO1)c1cc2ccccn2c1. The van der Waals surface area contributed by atoms with E-state index in [1.54, 1.807) is 0 Å². The van der Waals surface area contributed by atoms with Crippen LogP contribution in [0.1, 0.15) is 23.2 Å².